The maximum Gasteiger partial charge on any atom is 0.224 e. The van der Waals surface area contributed by atoms with Crippen LogP contribution in [-0.2, 0) is 0 Å². The van der Waals surface area contributed by atoms with Crippen LogP contribution in [0.3, 0.4) is 0 Å². The molecule has 19 heavy (non-hydrogen) atoms. The average Bonchev–Trinajstić information content (AvgIpc) is 2.41. The van der Waals surface area contributed by atoms with Crippen LogP contribution in [0.2, 0.25) is 0 Å². The molecule has 1 heterocycles. The predicted molar refractivity (Wildman–Crippen MR) is 74.6 cm³/mol. The summed E-state index contributed by atoms with van der Waals surface area (Å²) in [6.07, 6.45) is 1.68. The molecule has 1 aromatic carbocycles. The molecule has 0 aliphatic heterocycles. The summed E-state index contributed by atoms with van der Waals surface area (Å²) in [5.41, 5.74) is 7.89. The number of ether oxygens (including phenoxy) is 2. The van der Waals surface area contributed by atoms with E-state index in [0.29, 0.717) is 17.4 Å². The number of nitrogens with two attached hydrogens (primary N) is 1. The molecule has 0 aliphatic carbocycles. The Morgan fingerprint density at radius 2 is 2.00 bits per heavy atom. The molecule has 0 spiro atoms. The van der Waals surface area contributed by atoms with E-state index in [1.165, 1.54) is 0 Å². The lowest BCUT2D eigenvalue weighted by atomic mass is 10.1. The molecule has 0 amide bonds. The molecule has 0 radical (unpaired) electrons. The fourth-order valence-corrected chi connectivity index (χ4v) is 1.80. The third kappa shape index (κ3) is 3.03. The number of methoxy groups -OCH3 is 1. The molecule has 2 rings (SSSR count). The van der Waals surface area contributed by atoms with Gasteiger partial charge in [-0.25, -0.2) is 4.98 Å². The fraction of sp³-hybridized carbons (Fsp3) is 0.267. The Morgan fingerprint density at radius 3 is 2.68 bits per heavy atom. The molecule has 0 fully saturated rings. The second kappa shape index (κ2) is 5.71. The summed E-state index contributed by atoms with van der Waals surface area (Å²) in [6, 6.07) is 9.37. The van der Waals surface area contributed by atoms with E-state index < -0.39 is 0 Å². The van der Waals surface area contributed by atoms with Gasteiger partial charge >= 0.3 is 0 Å². The molecular weight excluding hydrogens is 240 g/mol. The maximum absolute atomic E-state index is 5.91. The molecule has 4 nitrogen and oxygen atoms in total. The van der Waals surface area contributed by atoms with Crippen LogP contribution in [0, 0.1) is 6.92 Å². The van der Waals surface area contributed by atoms with E-state index >= 15 is 0 Å². The van der Waals surface area contributed by atoms with Gasteiger partial charge in [-0.15, -0.1) is 0 Å². The van der Waals surface area contributed by atoms with Crippen LogP contribution >= 0.6 is 0 Å². The van der Waals surface area contributed by atoms with Gasteiger partial charge in [0.1, 0.15) is 0 Å². The number of pyridine rings is 1. The van der Waals surface area contributed by atoms with Crippen LogP contribution in [-0.4, -0.2) is 12.1 Å². The summed E-state index contributed by atoms with van der Waals surface area (Å²) in [4.78, 5) is 4.24. The molecular formula is C15H18N2O2. The monoisotopic (exact) mass is 258 g/mol. The van der Waals surface area contributed by atoms with Gasteiger partial charge in [-0.1, -0.05) is 12.1 Å². The number of aryl methyl sites for hydroxylation is 1. The zero-order valence-electron chi connectivity index (χ0n) is 11.4. The molecule has 100 valence electrons. The first-order valence-electron chi connectivity index (χ1n) is 6.15. The highest BCUT2D eigenvalue weighted by atomic mass is 16.5. The van der Waals surface area contributed by atoms with Crippen LogP contribution in [0.15, 0.2) is 36.5 Å². The first-order chi connectivity index (χ1) is 9.11. The second-order valence-electron chi connectivity index (χ2n) is 4.44. The first kappa shape index (κ1) is 13.4. The summed E-state index contributed by atoms with van der Waals surface area (Å²) < 4.78 is 11.1. The van der Waals surface area contributed by atoms with Gasteiger partial charge < -0.3 is 15.2 Å². The van der Waals surface area contributed by atoms with Crippen molar-refractivity contribution in [2.45, 2.75) is 19.9 Å². The number of hydrogen-bond donors (Lipinski definition) is 1. The summed E-state index contributed by atoms with van der Waals surface area (Å²) in [7, 11) is 1.62. The lowest BCUT2D eigenvalue weighted by molar-refractivity contribution is 0.371. The van der Waals surface area contributed by atoms with E-state index in [-0.39, 0.29) is 6.04 Å². The molecule has 0 saturated heterocycles. The SMILES string of the molecule is COc1cc(C)ccc1Oc1ncccc1C(C)N. The minimum absolute atomic E-state index is 0.139. The van der Waals surface area contributed by atoms with E-state index in [4.69, 9.17) is 15.2 Å². The average molecular weight is 258 g/mol. The topological polar surface area (TPSA) is 57.4 Å². The Balaban J connectivity index is 2.36. The Kier molecular flexibility index (Phi) is 4.02. The van der Waals surface area contributed by atoms with Gasteiger partial charge in [-0.05, 0) is 37.6 Å². The van der Waals surface area contributed by atoms with Crippen molar-refractivity contribution in [3.05, 3.63) is 47.7 Å². The van der Waals surface area contributed by atoms with E-state index in [1.54, 1.807) is 13.3 Å². The van der Waals surface area contributed by atoms with E-state index in [2.05, 4.69) is 4.98 Å². The van der Waals surface area contributed by atoms with Crippen molar-refractivity contribution in [3.8, 4) is 17.4 Å². The van der Waals surface area contributed by atoms with Gasteiger partial charge in [-0.3, -0.25) is 0 Å². The van der Waals surface area contributed by atoms with Gasteiger partial charge in [0.2, 0.25) is 5.88 Å². The molecule has 0 saturated carbocycles. The van der Waals surface area contributed by atoms with Gasteiger partial charge in [0.25, 0.3) is 0 Å². The van der Waals surface area contributed by atoms with Crippen LogP contribution in [0.4, 0.5) is 0 Å². The van der Waals surface area contributed by atoms with Crippen molar-refractivity contribution in [1.29, 1.82) is 0 Å². The van der Waals surface area contributed by atoms with E-state index in [1.807, 2.05) is 44.2 Å². The van der Waals surface area contributed by atoms with Crippen LogP contribution in [0.5, 0.6) is 17.4 Å². The van der Waals surface area contributed by atoms with Crippen molar-refractivity contribution in [1.82, 2.24) is 4.98 Å². The highest BCUT2D eigenvalue weighted by Crippen LogP contribution is 2.33. The zero-order chi connectivity index (χ0) is 13.8. The van der Waals surface area contributed by atoms with Gasteiger partial charge in [-0.2, -0.15) is 0 Å². The van der Waals surface area contributed by atoms with Crippen LogP contribution in [0.1, 0.15) is 24.1 Å². The highest BCUT2D eigenvalue weighted by Gasteiger charge is 2.12. The number of aromatic nitrogens is 1. The van der Waals surface area contributed by atoms with Crippen molar-refractivity contribution >= 4 is 0 Å². The third-order valence-electron chi connectivity index (χ3n) is 2.82. The number of nitrogens with zero attached hydrogens (tertiary/aromatic N) is 1. The van der Waals surface area contributed by atoms with Crippen molar-refractivity contribution in [3.63, 3.8) is 0 Å². The highest BCUT2D eigenvalue weighted by molar-refractivity contribution is 5.45. The molecule has 1 aromatic heterocycles. The van der Waals surface area contributed by atoms with Crippen molar-refractivity contribution in [2.24, 2.45) is 5.73 Å². The Labute approximate surface area is 113 Å². The molecule has 4 heteroatoms. The minimum Gasteiger partial charge on any atom is -0.493 e. The predicted octanol–water partition coefficient (Wildman–Crippen LogP) is 3.21. The van der Waals surface area contributed by atoms with Crippen molar-refractivity contribution < 1.29 is 9.47 Å². The smallest absolute Gasteiger partial charge is 0.224 e. The normalized spacial score (nSPS) is 12.0. The quantitative estimate of drug-likeness (QED) is 0.914. The van der Waals surface area contributed by atoms with Gasteiger partial charge in [0.15, 0.2) is 11.5 Å². The first-order valence-corrected chi connectivity index (χ1v) is 6.15. The van der Waals surface area contributed by atoms with Gasteiger partial charge in [0, 0.05) is 17.8 Å². The summed E-state index contributed by atoms with van der Waals surface area (Å²) >= 11 is 0. The Hall–Kier alpha value is -2.07. The summed E-state index contributed by atoms with van der Waals surface area (Å²) in [5, 5.41) is 0. The van der Waals surface area contributed by atoms with E-state index in [9.17, 15) is 0 Å². The Bertz CT molecular complexity index is 568. The molecule has 2 N–H and O–H groups in total. The second-order valence-corrected chi connectivity index (χ2v) is 4.44. The number of rotatable bonds is 4. The molecule has 2 aromatic rings. The lowest BCUT2D eigenvalue weighted by Crippen LogP contribution is -2.07. The van der Waals surface area contributed by atoms with Crippen LogP contribution < -0.4 is 15.2 Å². The maximum atomic E-state index is 5.91. The number of hydrogen-bond acceptors (Lipinski definition) is 4. The summed E-state index contributed by atoms with van der Waals surface area (Å²) in [5.74, 6) is 1.83. The zero-order valence-corrected chi connectivity index (χ0v) is 11.4. The standard InChI is InChI=1S/C15H18N2O2/c1-10-6-7-13(14(9-10)18-3)19-15-12(11(2)16)5-4-8-17-15/h4-9,11H,16H2,1-3H3. The molecule has 1 atom stereocenters. The van der Waals surface area contributed by atoms with E-state index in [0.717, 1.165) is 11.1 Å². The molecule has 1 unspecified atom stereocenters. The van der Waals surface area contributed by atoms with Gasteiger partial charge in [0.05, 0.1) is 7.11 Å². The molecule has 0 bridgehead atoms. The van der Waals surface area contributed by atoms with Crippen LogP contribution in [0.25, 0.3) is 0 Å². The lowest BCUT2D eigenvalue weighted by Gasteiger charge is -2.14. The minimum atomic E-state index is -0.139. The Morgan fingerprint density at radius 1 is 1.21 bits per heavy atom. The third-order valence-corrected chi connectivity index (χ3v) is 2.82. The summed E-state index contributed by atoms with van der Waals surface area (Å²) in [6.45, 7) is 3.90. The fourth-order valence-electron chi connectivity index (χ4n) is 1.80. The molecule has 0 aliphatic rings. The number of benzene rings is 1. The largest absolute Gasteiger partial charge is 0.493 e. The van der Waals surface area contributed by atoms with Crippen molar-refractivity contribution in [2.75, 3.05) is 7.11 Å².